The lowest BCUT2D eigenvalue weighted by atomic mass is 9.87. The Kier molecular flexibility index (Phi) is 4.50. The van der Waals surface area contributed by atoms with Crippen molar-refractivity contribution >= 4 is 12.0 Å². The van der Waals surface area contributed by atoms with Crippen LogP contribution in [0.2, 0.25) is 0 Å². The SMILES string of the molecule is C=C(C)C1CCC2=C[C@H](C/C(C)=C\c3cc(C)c(o3)[C@H]1O)OC2=O. The molecule has 1 aromatic rings. The van der Waals surface area contributed by atoms with Crippen LogP contribution < -0.4 is 0 Å². The van der Waals surface area contributed by atoms with Crippen molar-refractivity contribution < 1.29 is 19.1 Å². The highest BCUT2D eigenvalue weighted by atomic mass is 16.5. The van der Waals surface area contributed by atoms with Crippen LogP contribution in [-0.4, -0.2) is 17.2 Å². The van der Waals surface area contributed by atoms with Crippen molar-refractivity contribution in [3.63, 3.8) is 0 Å². The van der Waals surface area contributed by atoms with E-state index in [4.69, 9.17) is 9.15 Å². The van der Waals surface area contributed by atoms with Crippen molar-refractivity contribution in [1.29, 1.82) is 0 Å². The first-order chi connectivity index (χ1) is 11.3. The van der Waals surface area contributed by atoms with Gasteiger partial charge in [-0.3, -0.25) is 0 Å². The number of ether oxygens (including phenoxy) is 1. The van der Waals surface area contributed by atoms with Crippen LogP contribution in [0.3, 0.4) is 0 Å². The molecule has 4 bridgehead atoms. The van der Waals surface area contributed by atoms with Crippen LogP contribution in [0.25, 0.3) is 6.08 Å². The molecule has 3 atom stereocenters. The van der Waals surface area contributed by atoms with Crippen molar-refractivity contribution in [1.82, 2.24) is 0 Å². The Balaban J connectivity index is 2.02. The van der Waals surface area contributed by atoms with Gasteiger partial charge in [-0.2, -0.15) is 0 Å². The number of hydrogen-bond donors (Lipinski definition) is 1. The molecule has 2 aliphatic rings. The molecule has 0 amide bonds. The predicted octanol–water partition coefficient (Wildman–Crippen LogP) is 4.25. The number of aliphatic hydroxyl groups excluding tert-OH is 1. The summed E-state index contributed by atoms with van der Waals surface area (Å²) in [5.74, 6) is 0.894. The third-order valence-corrected chi connectivity index (χ3v) is 4.80. The van der Waals surface area contributed by atoms with Gasteiger partial charge in [0.2, 0.25) is 0 Å². The van der Waals surface area contributed by atoms with Crippen LogP contribution in [-0.2, 0) is 9.53 Å². The summed E-state index contributed by atoms with van der Waals surface area (Å²) in [5.41, 5.74) is 3.57. The number of carbonyl (C=O) groups is 1. The maximum Gasteiger partial charge on any atom is 0.334 e. The quantitative estimate of drug-likeness (QED) is 0.618. The van der Waals surface area contributed by atoms with Crippen molar-refractivity contribution in [2.24, 2.45) is 5.92 Å². The maximum absolute atomic E-state index is 12.0. The summed E-state index contributed by atoms with van der Waals surface area (Å²) in [6.07, 6.45) is 4.73. The van der Waals surface area contributed by atoms with Gasteiger partial charge in [0.05, 0.1) is 0 Å². The minimum atomic E-state index is -0.764. The highest BCUT2D eigenvalue weighted by Gasteiger charge is 2.30. The molecule has 0 aromatic carbocycles. The number of aryl methyl sites for hydroxylation is 1. The fourth-order valence-corrected chi connectivity index (χ4v) is 3.50. The van der Waals surface area contributed by atoms with Gasteiger partial charge < -0.3 is 14.3 Å². The second kappa shape index (κ2) is 6.44. The minimum Gasteiger partial charge on any atom is -0.459 e. The molecule has 0 spiro atoms. The van der Waals surface area contributed by atoms with Gasteiger partial charge in [0.1, 0.15) is 23.7 Å². The van der Waals surface area contributed by atoms with E-state index in [9.17, 15) is 9.90 Å². The minimum absolute atomic E-state index is 0.165. The lowest BCUT2D eigenvalue weighted by Crippen LogP contribution is -2.15. The van der Waals surface area contributed by atoms with Crippen molar-refractivity contribution in [3.05, 3.63) is 52.5 Å². The Hall–Kier alpha value is -2.07. The van der Waals surface area contributed by atoms with Gasteiger partial charge >= 0.3 is 5.97 Å². The molecule has 1 unspecified atom stereocenters. The fraction of sp³-hybridized carbons (Fsp3) is 0.450. The normalized spacial score (nSPS) is 29.5. The Morgan fingerprint density at radius 1 is 1.38 bits per heavy atom. The molecule has 0 radical (unpaired) electrons. The molecule has 0 saturated heterocycles. The molecule has 3 heterocycles. The number of rotatable bonds is 1. The first-order valence-corrected chi connectivity index (χ1v) is 8.37. The topological polar surface area (TPSA) is 59.7 Å². The second-order valence-electron chi connectivity index (χ2n) is 6.96. The lowest BCUT2D eigenvalue weighted by Gasteiger charge is -2.22. The molecule has 4 nitrogen and oxygen atoms in total. The van der Waals surface area contributed by atoms with E-state index in [2.05, 4.69) is 6.58 Å². The molecule has 3 rings (SSSR count). The van der Waals surface area contributed by atoms with Gasteiger partial charge in [-0.25, -0.2) is 4.79 Å². The number of aliphatic hydroxyl groups is 1. The zero-order valence-electron chi connectivity index (χ0n) is 14.5. The number of furan rings is 1. The van der Waals surface area contributed by atoms with Crippen LogP contribution >= 0.6 is 0 Å². The molecular formula is C20H24O4. The summed E-state index contributed by atoms with van der Waals surface area (Å²) < 4.78 is 11.3. The number of esters is 1. The summed E-state index contributed by atoms with van der Waals surface area (Å²) in [4.78, 5) is 12.0. The van der Waals surface area contributed by atoms with E-state index in [-0.39, 0.29) is 18.0 Å². The van der Waals surface area contributed by atoms with Gasteiger partial charge in [-0.1, -0.05) is 17.7 Å². The van der Waals surface area contributed by atoms with E-state index < -0.39 is 6.10 Å². The molecule has 0 aliphatic carbocycles. The zero-order valence-corrected chi connectivity index (χ0v) is 14.5. The first-order valence-electron chi connectivity index (χ1n) is 8.37. The number of carbonyl (C=O) groups excluding carboxylic acids is 1. The van der Waals surface area contributed by atoms with Crippen molar-refractivity contribution in [2.45, 2.75) is 52.2 Å². The molecule has 4 heteroatoms. The second-order valence-corrected chi connectivity index (χ2v) is 6.96. The standard InChI is InChI=1S/C20H24O4/c1-11(2)17-6-5-14-10-16(24-20(14)22)8-12(3)7-15-9-13(4)19(23-15)18(17)21/h7,9-10,16-18,21H,1,5-6,8H2,2-4H3/b12-7-/t16-,17?,18-/m0/s1. The van der Waals surface area contributed by atoms with E-state index in [0.29, 0.717) is 36.4 Å². The van der Waals surface area contributed by atoms with Gasteiger partial charge in [-0.15, -0.1) is 0 Å². The molecule has 128 valence electrons. The Morgan fingerprint density at radius 2 is 2.12 bits per heavy atom. The molecule has 1 N–H and O–H groups in total. The molecule has 2 aliphatic heterocycles. The van der Waals surface area contributed by atoms with Crippen molar-refractivity contribution in [2.75, 3.05) is 0 Å². The number of hydrogen-bond acceptors (Lipinski definition) is 4. The average Bonchev–Trinajstić information content (AvgIpc) is 3.01. The Labute approximate surface area is 142 Å². The summed E-state index contributed by atoms with van der Waals surface area (Å²) in [5, 5.41) is 10.8. The van der Waals surface area contributed by atoms with Crippen LogP contribution in [0.4, 0.5) is 0 Å². The molecule has 24 heavy (non-hydrogen) atoms. The van der Waals surface area contributed by atoms with E-state index in [1.165, 1.54) is 0 Å². The van der Waals surface area contributed by atoms with E-state index >= 15 is 0 Å². The smallest absolute Gasteiger partial charge is 0.334 e. The van der Waals surface area contributed by atoms with Crippen LogP contribution in [0, 0.1) is 12.8 Å². The first kappa shape index (κ1) is 16.8. The van der Waals surface area contributed by atoms with Crippen LogP contribution in [0.15, 0.2) is 39.9 Å². The summed E-state index contributed by atoms with van der Waals surface area (Å²) >= 11 is 0. The summed E-state index contributed by atoms with van der Waals surface area (Å²) in [7, 11) is 0. The largest absolute Gasteiger partial charge is 0.459 e. The summed E-state index contributed by atoms with van der Waals surface area (Å²) in [6.45, 7) is 9.84. The van der Waals surface area contributed by atoms with Crippen LogP contribution in [0.5, 0.6) is 0 Å². The van der Waals surface area contributed by atoms with E-state index in [0.717, 1.165) is 16.7 Å². The Morgan fingerprint density at radius 3 is 2.83 bits per heavy atom. The van der Waals surface area contributed by atoms with Crippen LogP contribution in [0.1, 0.15) is 56.3 Å². The fourth-order valence-electron chi connectivity index (χ4n) is 3.50. The van der Waals surface area contributed by atoms with Gasteiger partial charge in [0, 0.05) is 17.9 Å². The third-order valence-electron chi connectivity index (χ3n) is 4.80. The zero-order chi connectivity index (χ0) is 17.4. The van der Waals surface area contributed by atoms with Gasteiger partial charge in [-0.05, 0) is 57.4 Å². The lowest BCUT2D eigenvalue weighted by molar-refractivity contribution is -0.139. The predicted molar refractivity (Wildman–Crippen MR) is 92.2 cm³/mol. The highest BCUT2D eigenvalue weighted by Crippen LogP contribution is 2.36. The third kappa shape index (κ3) is 3.24. The molecule has 1 aromatic heterocycles. The highest BCUT2D eigenvalue weighted by molar-refractivity contribution is 5.90. The van der Waals surface area contributed by atoms with Crippen molar-refractivity contribution in [3.8, 4) is 0 Å². The molecular weight excluding hydrogens is 304 g/mol. The Bertz CT molecular complexity index is 735. The summed E-state index contributed by atoms with van der Waals surface area (Å²) in [6, 6.07) is 1.94. The maximum atomic E-state index is 12.0. The molecule has 0 saturated carbocycles. The molecule has 0 fully saturated rings. The van der Waals surface area contributed by atoms with Gasteiger partial charge in [0.15, 0.2) is 0 Å². The van der Waals surface area contributed by atoms with Gasteiger partial charge in [0.25, 0.3) is 0 Å². The van der Waals surface area contributed by atoms with E-state index in [1.807, 2.05) is 39.0 Å². The number of fused-ring (bicyclic) bond motifs is 3. The monoisotopic (exact) mass is 328 g/mol. The van der Waals surface area contributed by atoms with E-state index in [1.54, 1.807) is 0 Å². The average molecular weight is 328 g/mol.